The number of hydrogen-bond donors (Lipinski definition) is 1. The Morgan fingerprint density at radius 2 is 2.26 bits per heavy atom. The predicted molar refractivity (Wildman–Crippen MR) is 82.8 cm³/mol. The molecule has 0 fully saturated rings. The average Bonchev–Trinajstić information content (AvgIpc) is 2.98. The Kier molecular flexibility index (Phi) is 4.74. The summed E-state index contributed by atoms with van der Waals surface area (Å²) in [5, 5.41) is 5.77. The van der Waals surface area contributed by atoms with Crippen molar-refractivity contribution in [3.8, 4) is 0 Å². The lowest BCUT2D eigenvalue weighted by Crippen LogP contribution is -2.16. The van der Waals surface area contributed by atoms with Crippen LogP contribution in [0, 0.1) is 0 Å². The Bertz CT molecular complexity index is 601. The SMILES string of the molecule is CC(C)c1cc(C(=O)NN=Cc2ccc(Cl)s2)cs1. The summed E-state index contributed by atoms with van der Waals surface area (Å²) < 4.78 is 0.701. The van der Waals surface area contributed by atoms with E-state index < -0.39 is 0 Å². The molecule has 100 valence electrons. The number of rotatable bonds is 4. The van der Waals surface area contributed by atoms with Crippen LogP contribution < -0.4 is 5.43 Å². The second-order valence-electron chi connectivity index (χ2n) is 4.23. The standard InChI is InChI=1S/C13H13ClN2OS2/c1-8(2)11-5-9(7-18-11)13(17)16-15-6-10-3-4-12(14)19-10/h3-8H,1-2H3,(H,16,17). The van der Waals surface area contributed by atoms with Crippen LogP contribution in [0.3, 0.4) is 0 Å². The van der Waals surface area contributed by atoms with Crippen LogP contribution in [0.25, 0.3) is 0 Å². The van der Waals surface area contributed by atoms with Crippen LogP contribution in [-0.4, -0.2) is 12.1 Å². The third kappa shape index (κ3) is 3.89. The Morgan fingerprint density at radius 3 is 2.84 bits per heavy atom. The fourth-order valence-corrected chi connectivity index (χ4v) is 3.23. The molecule has 0 saturated carbocycles. The van der Waals surface area contributed by atoms with E-state index in [-0.39, 0.29) is 5.91 Å². The molecule has 0 aliphatic carbocycles. The number of nitrogens with one attached hydrogen (secondary N) is 1. The van der Waals surface area contributed by atoms with E-state index in [4.69, 9.17) is 11.6 Å². The zero-order valence-corrected chi connectivity index (χ0v) is 12.9. The van der Waals surface area contributed by atoms with E-state index in [1.165, 1.54) is 16.2 Å². The molecule has 3 nitrogen and oxygen atoms in total. The van der Waals surface area contributed by atoms with Gasteiger partial charge in [0, 0.05) is 15.1 Å². The fourth-order valence-electron chi connectivity index (χ4n) is 1.39. The maximum Gasteiger partial charge on any atom is 0.272 e. The van der Waals surface area contributed by atoms with Gasteiger partial charge in [-0.05, 0) is 24.1 Å². The number of carbonyl (C=O) groups excluding carboxylic acids is 1. The predicted octanol–water partition coefficient (Wildman–Crippen LogP) is 4.35. The smallest absolute Gasteiger partial charge is 0.267 e. The van der Waals surface area contributed by atoms with Gasteiger partial charge in [0.2, 0.25) is 0 Å². The van der Waals surface area contributed by atoms with Gasteiger partial charge in [-0.15, -0.1) is 22.7 Å². The van der Waals surface area contributed by atoms with Gasteiger partial charge in [0.05, 0.1) is 16.1 Å². The van der Waals surface area contributed by atoms with Crippen LogP contribution in [-0.2, 0) is 0 Å². The Labute approximate surface area is 124 Å². The molecule has 0 spiro atoms. The van der Waals surface area contributed by atoms with Gasteiger partial charge in [0.25, 0.3) is 5.91 Å². The molecule has 2 rings (SSSR count). The van der Waals surface area contributed by atoms with Crippen molar-refractivity contribution in [2.75, 3.05) is 0 Å². The monoisotopic (exact) mass is 312 g/mol. The zero-order valence-electron chi connectivity index (χ0n) is 10.5. The molecule has 1 amide bonds. The molecule has 0 atom stereocenters. The largest absolute Gasteiger partial charge is 0.272 e. The summed E-state index contributed by atoms with van der Waals surface area (Å²) in [6, 6.07) is 5.55. The van der Waals surface area contributed by atoms with E-state index in [1.807, 2.05) is 17.5 Å². The quantitative estimate of drug-likeness (QED) is 0.662. The van der Waals surface area contributed by atoms with Gasteiger partial charge >= 0.3 is 0 Å². The summed E-state index contributed by atoms with van der Waals surface area (Å²) in [4.78, 5) is 13.9. The van der Waals surface area contributed by atoms with Gasteiger partial charge in [-0.1, -0.05) is 25.4 Å². The number of thiophene rings is 2. The number of amides is 1. The Balaban J connectivity index is 1.95. The number of halogens is 1. The third-order valence-corrected chi connectivity index (χ3v) is 4.80. The topological polar surface area (TPSA) is 41.5 Å². The van der Waals surface area contributed by atoms with E-state index >= 15 is 0 Å². The van der Waals surface area contributed by atoms with Gasteiger partial charge in [-0.2, -0.15) is 5.10 Å². The molecule has 2 aromatic heterocycles. The highest BCUT2D eigenvalue weighted by molar-refractivity contribution is 7.17. The minimum atomic E-state index is -0.193. The first-order chi connectivity index (χ1) is 9.06. The summed E-state index contributed by atoms with van der Waals surface area (Å²) in [6.45, 7) is 4.21. The van der Waals surface area contributed by atoms with Crippen molar-refractivity contribution < 1.29 is 4.79 Å². The summed E-state index contributed by atoms with van der Waals surface area (Å²) in [5.74, 6) is 0.241. The lowest BCUT2D eigenvalue weighted by Gasteiger charge is -1.97. The maximum absolute atomic E-state index is 11.8. The van der Waals surface area contributed by atoms with Crippen LogP contribution in [0.4, 0.5) is 0 Å². The summed E-state index contributed by atoms with van der Waals surface area (Å²) in [5.41, 5.74) is 3.16. The highest BCUT2D eigenvalue weighted by atomic mass is 35.5. The average molecular weight is 313 g/mol. The molecular weight excluding hydrogens is 300 g/mol. The number of hydrogen-bond acceptors (Lipinski definition) is 4. The second kappa shape index (κ2) is 6.32. The van der Waals surface area contributed by atoms with Gasteiger partial charge in [0.15, 0.2) is 0 Å². The van der Waals surface area contributed by atoms with Crippen molar-refractivity contribution in [2.45, 2.75) is 19.8 Å². The van der Waals surface area contributed by atoms with Gasteiger partial charge < -0.3 is 0 Å². The molecule has 0 aliphatic rings. The minimum absolute atomic E-state index is 0.193. The van der Waals surface area contributed by atoms with Crippen molar-refractivity contribution in [3.63, 3.8) is 0 Å². The lowest BCUT2D eigenvalue weighted by atomic mass is 10.1. The maximum atomic E-state index is 11.8. The molecule has 6 heteroatoms. The van der Waals surface area contributed by atoms with Crippen molar-refractivity contribution in [1.82, 2.24) is 5.43 Å². The van der Waals surface area contributed by atoms with Crippen molar-refractivity contribution in [1.29, 1.82) is 0 Å². The van der Waals surface area contributed by atoms with Crippen molar-refractivity contribution >= 4 is 46.4 Å². The molecule has 0 aromatic carbocycles. The molecule has 2 aromatic rings. The van der Waals surface area contributed by atoms with Crippen LogP contribution in [0.1, 0.15) is 39.9 Å². The molecule has 1 N–H and O–H groups in total. The second-order valence-corrected chi connectivity index (χ2v) is 6.92. The lowest BCUT2D eigenvalue weighted by molar-refractivity contribution is 0.0955. The number of nitrogens with zero attached hydrogens (tertiary/aromatic N) is 1. The molecule has 0 bridgehead atoms. The summed E-state index contributed by atoms with van der Waals surface area (Å²) in [7, 11) is 0. The summed E-state index contributed by atoms with van der Waals surface area (Å²) in [6.07, 6.45) is 1.59. The number of carbonyl (C=O) groups is 1. The van der Waals surface area contributed by atoms with Crippen LogP contribution >= 0.6 is 34.3 Å². The Hall–Kier alpha value is -1.17. The first-order valence-corrected chi connectivity index (χ1v) is 7.81. The van der Waals surface area contributed by atoms with Crippen LogP contribution in [0.15, 0.2) is 28.7 Å². The van der Waals surface area contributed by atoms with Gasteiger partial charge in [0.1, 0.15) is 0 Å². The highest BCUT2D eigenvalue weighted by Gasteiger charge is 2.09. The van der Waals surface area contributed by atoms with E-state index in [0.717, 1.165) is 4.88 Å². The van der Waals surface area contributed by atoms with Crippen LogP contribution in [0.2, 0.25) is 4.34 Å². The van der Waals surface area contributed by atoms with Crippen LogP contribution in [0.5, 0.6) is 0 Å². The van der Waals surface area contributed by atoms with Gasteiger partial charge in [-0.25, -0.2) is 5.43 Å². The molecule has 0 unspecified atom stereocenters. The number of hydrazone groups is 1. The summed E-state index contributed by atoms with van der Waals surface area (Å²) >= 11 is 8.80. The van der Waals surface area contributed by atoms with E-state index in [9.17, 15) is 4.79 Å². The molecule has 0 saturated heterocycles. The van der Waals surface area contributed by atoms with Gasteiger partial charge in [-0.3, -0.25) is 4.79 Å². The fraction of sp³-hybridized carbons (Fsp3) is 0.231. The zero-order chi connectivity index (χ0) is 13.8. The molecule has 0 radical (unpaired) electrons. The highest BCUT2D eigenvalue weighted by Crippen LogP contribution is 2.23. The first-order valence-electron chi connectivity index (χ1n) is 5.73. The van der Waals surface area contributed by atoms with Crippen molar-refractivity contribution in [2.24, 2.45) is 5.10 Å². The molecule has 0 aliphatic heterocycles. The third-order valence-electron chi connectivity index (χ3n) is 2.40. The van der Waals surface area contributed by atoms with E-state index in [2.05, 4.69) is 24.4 Å². The molecule has 2 heterocycles. The van der Waals surface area contributed by atoms with E-state index in [1.54, 1.807) is 23.6 Å². The first kappa shape index (κ1) is 14.2. The normalized spacial score (nSPS) is 11.4. The Morgan fingerprint density at radius 1 is 1.47 bits per heavy atom. The minimum Gasteiger partial charge on any atom is -0.267 e. The molecule has 19 heavy (non-hydrogen) atoms. The van der Waals surface area contributed by atoms with E-state index in [0.29, 0.717) is 15.8 Å². The molecular formula is C13H13ClN2OS2. The van der Waals surface area contributed by atoms with Crippen molar-refractivity contribution in [3.05, 3.63) is 43.2 Å².